The summed E-state index contributed by atoms with van der Waals surface area (Å²) < 4.78 is 0. The number of nitrogens with one attached hydrogen (secondary N) is 3. The van der Waals surface area contributed by atoms with Crippen LogP contribution in [0.3, 0.4) is 0 Å². The van der Waals surface area contributed by atoms with Gasteiger partial charge in [0.05, 0.1) is 11.2 Å². The third-order valence-electron chi connectivity index (χ3n) is 5.00. The van der Waals surface area contributed by atoms with Gasteiger partial charge in [-0.1, -0.05) is 30.3 Å². The predicted octanol–water partition coefficient (Wildman–Crippen LogP) is 1.93. The van der Waals surface area contributed by atoms with Crippen molar-refractivity contribution in [2.75, 3.05) is 18.7 Å². The first-order valence-electron chi connectivity index (χ1n) is 9.27. The van der Waals surface area contributed by atoms with Crippen molar-refractivity contribution < 1.29 is 4.90 Å². The first-order chi connectivity index (χ1) is 13.1. The van der Waals surface area contributed by atoms with E-state index in [4.69, 9.17) is 0 Å². The Balaban J connectivity index is 1.47. The number of aryl methyl sites for hydroxylation is 3. The minimum Gasteiger partial charge on any atom is -0.309 e. The van der Waals surface area contributed by atoms with Crippen LogP contribution in [-0.4, -0.2) is 29.3 Å². The number of fused-ring (bicyclic) bond motifs is 1. The van der Waals surface area contributed by atoms with Gasteiger partial charge >= 0.3 is 0 Å². The van der Waals surface area contributed by atoms with E-state index in [1.165, 1.54) is 21.6 Å². The highest BCUT2D eigenvalue weighted by atomic mass is 15.4. The van der Waals surface area contributed by atoms with Crippen molar-refractivity contribution in [2.45, 2.75) is 27.3 Å². The largest absolute Gasteiger partial charge is 0.309 e. The number of nitrogens with zero attached hydrogens (tertiary/aromatic N) is 3. The zero-order valence-corrected chi connectivity index (χ0v) is 16.0. The van der Waals surface area contributed by atoms with E-state index in [-0.39, 0.29) is 0 Å². The van der Waals surface area contributed by atoms with E-state index in [9.17, 15) is 0 Å². The Morgan fingerprint density at radius 2 is 1.81 bits per heavy atom. The Labute approximate surface area is 159 Å². The van der Waals surface area contributed by atoms with Crippen LogP contribution in [0.2, 0.25) is 0 Å². The van der Waals surface area contributed by atoms with E-state index in [0.29, 0.717) is 5.95 Å². The molecular weight excluding hydrogens is 336 g/mol. The number of anilines is 1. The molecule has 0 bridgehead atoms. The molecule has 138 valence electrons. The molecule has 0 aliphatic carbocycles. The smallest absolute Gasteiger partial charge is 0.230 e. The monoisotopic (exact) mass is 361 g/mol. The third-order valence-corrected chi connectivity index (χ3v) is 5.00. The van der Waals surface area contributed by atoms with Crippen LogP contribution in [0.4, 0.5) is 5.95 Å². The Bertz CT molecular complexity index is 996. The van der Waals surface area contributed by atoms with Crippen LogP contribution < -0.4 is 15.5 Å². The lowest BCUT2D eigenvalue weighted by atomic mass is 10.1. The highest BCUT2D eigenvalue weighted by Gasteiger charge is 2.16. The average molecular weight is 361 g/mol. The molecule has 0 fully saturated rings. The number of quaternary nitrogens is 1. The first kappa shape index (κ1) is 17.4. The summed E-state index contributed by atoms with van der Waals surface area (Å²) in [5, 5.41) is 7.68. The molecule has 0 spiro atoms. The third kappa shape index (κ3) is 3.90. The quantitative estimate of drug-likeness (QED) is 0.667. The summed E-state index contributed by atoms with van der Waals surface area (Å²) >= 11 is 0. The van der Waals surface area contributed by atoms with E-state index >= 15 is 0 Å². The lowest BCUT2D eigenvalue weighted by Crippen LogP contribution is -3.13. The Morgan fingerprint density at radius 1 is 1.04 bits per heavy atom. The van der Waals surface area contributed by atoms with Crippen LogP contribution in [-0.2, 0) is 6.54 Å². The van der Waals surface area contributed by atoms with Crippen LogP contribution in [0.1, 0.15) is 22.4 Å². The van der Waals surface area contributed by atoms with Gasteiger partial charge in [0, 0.05) is 10.9 Å². The highest BCUT2D eigenvalue weighted by molar-refractivity contribution is 5.93. The number of hydrogen-bond donors (Lipinski definition) is 3. The van der Waals surface area contributed by atoms with Gasteiger partial charge in [0.1, 0.15) is 6.54 Å². The fraction of sp³-hybridized carbons (Fsp3) is 0.286. The van der Waals surface area contributed by atoms with E-state index in [1.54, 1.807) is 0 Å². The second-order valence-corrected chi connectivity index (χ2v) is 7.14. The van der Waals surface area contributed by atoms with Crippen molar-refractivity contribution in [3.8, 4) is 0 Å². The lowest BCUT2D eigenvalue weighted by molar-refractivity contribution is -0.916. The molecule has 4 rings (SSSR count). The van der Waals surface area contributed by atoms with Gasteiger partial charge in [-0.25, -0.2) is 9.97 Å². The van der Waals surface area contributed by atoms with Crippen molar-refractivity contribution in [3.63, 3.8) is 0 Å². The summed E-state index contributed by atoms with van der Waals surface area (Å²) in [7, 11) is 0. The minimum atomic E-state index is 0.584. The Hall–Kier alpha value is -2.99. The molecule has 0 amide bonds. The van der Waals surface area contributed by atoms with Crippen molar-refractivity contribution in [3.05, 3.63) is 64.8 Å². The van der Waals surface area contributed by atoms with Gasteiger partial charge in [0.25, 0.3) is 0 Å². The summed E-state index contributed by atoms with van der Waals surface area (Å²) in [5.41, 5.74) is 5.74. The second kappa shape index (κ2) is 7.32. The Morgan fingerprint density at radius 3 is 2.56 bits per heavy atom. The van der Waals surface area contributed by atoms with Crippen molar-refractivity contribution >= 4 is 22.8 Å². The van der Waals surface area contributed by atoms with Gasteiger partial charge in [0.15, 0.2) is 13.3 Å². The molecule has 1 aliphatic heterocycles. The van der Waals surface area contributed by atoms with Crippen LogP contribution in [0.5, 0.6) is 0 Å². The molecule has 6 nitrogen and oxygen atoms in total. The topological polar surface area (TPSA) is 66.6 Å². The zero-order chi connectivity index (χ0) is 18.8. The molecule has 1 atom stereocenters. The number of hydrogen-bond acceptors (Lipinski definition) is 5. The maximum absolute atomic E-state index is 4.67. The summed E-state index contributed by atoms with van der Waals surface area (Å²) in [5.74, 6) is 1.32. The van der Waals surface area contributed by atoms with Crippen LogP contribution in [0.25, 0.3) is 10.9 Å². The molecule has 2 aromatic carbocycles. The first-order valence-corrected chi connectivity index (χ1v) is 9.27. The van der Waals surface area contributed by atoms with Gasteiger partial charge in [-0.3, -0.25) is 10.2 Å². The maximum Gasteiger partial charge on any atom is 0.230 e. The summed E-state index contributed by atoms with van der Waals surface area (Å²) in [6.45, 7) is 8.72. The maximum atomic E-state index is 4.67. The number of benzene rings is 2. The molecular formula is C21H25N6+. The van der Waals surface area contributed by atoms with Crippen molar-refractivity contribution in [1.82, 2.24) is 15.3 Å². The SMILES string of the molecule is Cc1cc2nc(NC3=NC[NH+](Cc4ccccc4)CN3)nc(C)c2cc1C. The van der Waals surface area contributed by atoms with Gasteiger partial charge in [-0.15, -0.1) is 0 Å². The number of aromatic nitrogens is 2. The fourth-order valence-electron chi connectivity index (χ4n) is 3.30. The predicted molar refractivity (Wildman–Crippen MR) is 109 cm³/mol. The molecule has 1 aliphatic rings. The second-order valence-electron chi connectivity index (χ2n) is 7.14. The lowest BCUT2D eigenvalue weighted by Gasteiger charge is -2.24. The molecule has 3 N–H and O–H groups in total. The van der Waals surface area contributed by atoms with E-state index in [2.05, 4.69) is 75.8 Å². The average Bonchev–Trinajstić information content (AvgIpc) is 2.66. The van der Waals surface area contributed by atoms with Crippen molar-refractivity contribution in [2.24, 2.45) is 4.99 Å². The highest BCUT2D eigenvalue weighted by Crippen LogP contribution is 2.21. The normalized spacial score (nSPS) is 16.7. The molecule has 0 saturated carbocycles. The van der Waals surface area contributed by atoms with Gasteiger partial charge in [-0.05, 0) is 44.0 Å². The van der Waals surface area contributed by atoms with E-state index < -0.39 is 0 Å². The minimum absolute atomic E-state index is 0.584. The molecule has 0 saturated heterocycles. The molecule has 0 radical (unpaired) electrons. The summed E-state index contributed by atoms with van der Waals surface area (Å²) in [6, 6.07) is 14.8. The Kier molecular flexibility index (Phi) is 4.73. The zero-order valence-electron chi connectivity index (χ0n) is 16.0. The van der Waals surface area contributed by atoms with Crippen LogP contribution >= 0.6 is 0 Å². The number of aliphatic imine (C=N–C) groups is 1. The van der Waals surface area contributed by atoms with E-state index in [0.717, 1.165) is 42.4 Å². The number of guanidine groups is 1. The summed E-state index contributed by atoms with van der Waals surface area (Å²) in [6.07, 6.45) is 0. The van der Waals surface area contributed by atoms with E-state index in [1.807, 2.05) is 13.0 Å². The fourth-order valence-corrected chi connectivity index (χ4v) is 3.30. The van der Waals surface area contributed by atoms with Crippen LogP contribution in [0, 0.1) is 20.8 Å². The van der Waals surface area contributed by atoms with Crippen LogP contribution in [0.15, 0.2) is 47.5 Å². The molecule has 1 unspecified atom stereocenters. The van der Waals surface area contributed by atoms with Crippen molar-refractivity contribution in [1.29, 1.82) is 0 Å². The molecule has 6 heteroatoms. The summed E-state index contributed by atoms with van der Waals surface area (Å²) in [4.78, 5) is 15.3. The molecule has 1 aromatic heterocycles. The standard InChI is InChI=1S/C21H24N6/c1-14-9-18-16(3)24-21(25-19(18)10-15(14)2)26-20-22-12-27(13-23-20)11-17-7-5-4-6-8-17/h4-10H,11-13H2,1-3H3,(H2,22,23,24,25,26)/p+1. The number of rotatable bonds is 3. The molecule has 2 heterocycles. The van der Waals surface area contributed by atoms with Gasteiger partial charge in [0.2, 0.25) is 11.9 Å². The van der Waals surface area contributed by atoms with Gasteiger partial charge < -0.3 is 5.32 Å². The molecule has 27 heavy (non-hydrogen) atoms. The van der Waals surface area contributed by atoms with Gasteiger partial charge in [-0.2, -0.15) is 4.99 Å². The molecule has 3 aromatic rings.